The molecule has 1 saturated carbocycles. The number of hydrogen-bond donors (Lipinski definition) is 1. The second kappa shape index (κ2) is 3.87. The van der Waals surface area contributed by atoms with E-state index in [1.165, 1.54) is 12.8 Å². The Hall–Kier alpha value is -1.84. The molecular weight excluding hydrogens is 214 g/mol. The predicted molar refractivity (Wildman–Crippen MR) is 65.0 cm³/mol. The van der Waals surface area contributed by atoms with Gasteiger partial charge in [0.2, 0.25) is 0 Å². The molecule has 1 fully saturated rings. The van der Waals surface area contributed by atoms with Gasteiger partial charge < -0.3 is 9.72 Å². The molecule has 0 aromatic carbocycles. The van der Waals surface area contributed by atoms with E-state index < -0.39 is 0 Å². The van der Waals surface area contributed by atoms with Gasteiger partial charge in [0.05, 0.1) is 0 Å². The smallest absolute Gasteiger partial charge is 0.271 e. The number of imidazole rings is 1. The van der Waals surface area contributed by atoms with Gasteiger partial charge in [-0.05, 0) is 37.8 Å². The standard InChI is InChI=1S/C13H15N3O/c1-9-3-2-4-12-15-11(8-16(9)12)13(17)14-7-10-5-6-10/h2-4,8,10H,5-7H2,1H3,(H,14,17). The van der Waals surface area contributed by atoms with Crippen LogP contribution in [0.5, 0.6) is 0 Å². The van der Waals surface area contributed by atoms with Crippen LogP contribution < -0.4 is 5.32 Å². The summed E-state index contributed by atoms with van der Waals surface area (Å²) >= 11 is 0. The van der Waals surface area contributed by atoms with Crippen molar-refractivity contribution in [3.63, 3.8) is 0 Å². The number of aryl methyl sites for hydroxylation is 1. The maximum absolute atomic E-state index is 11.9. The zero-order valence-corrected chi connectivity index (χ0v) is 9.81. The van der Waals surface area contributed by atoms with Gasteiger partial charge in [-0.3, -0.25) is 4.79 Å². The number of fused-ring (bicyclic) bond motifs is 1. The Morgan fingerprint density at radius 3 is 3.06 bits per heavy atom. The fraction of sp³-hybridized carbons (Fsp3) is 0.385. The van der Waals surface area contributed by atoms with Crippen molar-refractivity contribution in [2.24, 2.45) is 5.92 Å². The molecule has 2 aromatic heterocycles. The minimum atomic E-state index is -0.0694. The van der Waals surface area contributed by atoms with Crippen molar-refractivity contribution >= 4 is 11.6 Å². The Morgan fingerprint density at radius 1 is 1.53 bits per heavy atom. The van der Waals surface area contributed by atoms with Crippen molar-refractivity contribution < 1.29 is 4.79 Å². The SMILES string of the molecule is Cc1cccc2nc(C(=O)NCC3CC3)cn12. The summed E-state index contributed by atoms with van der Waals surface area (Å²) in [5.41, 5.74) is 2.40. The molecule has 1 amide bonds. The van der Waals surface area contributed by atoms with E-state index >= 15 is 0 Å². The van der Waals surface area contributed by atoms with Crippen LogP contribution in [0.25, 0.3) is 5.65 Å². The molecule has 0 spiro atoms. The van der Waals surface area contributed by atoms with Crippen LogP contribution in [-0.4, -0.2) is 21.8 Å². The van der Waals surface area contributed by atoms with Gasteiger partial charge in [-0.2, -0.15) is 0 Å². The van der Waals surface area contributed by atoms with Crippen LogP contribution in [0.15, 0.2) is 24.4 Å². The molecular formula is C13H15N3O. The third-order valence-electron chi connectivity index (χ3n) is 3.18. The molecule has 0 aliphatic heterocycles. The van der Waals surface area contributed by atoms with Crippen LogP contribution in [0.1, 0.15) is 29.0 Å². The zero-order valence-electron chi connectivity index (χ0n) is 9.81. The highest BCUT2D eigenvalue weighted by atomic mass is 16.1. The van der Waals surface area contributed by atoms with Gasteiger partial charge in [0.1, 0.15) is 11.3 Å². The van der Waals surface area contributed by atoms with Gasteiger partial charge in [0.15, 0.2) is 0 Å². The van der Waals surface area contributed by atoms with E-state index in [0.29, 0.717) is 11.6 Å². The van der Waals surface area contributed by atoms with E-state index in [0.717, 1.165) is 17.9 Å². The predicted octanol–water partition coefficient (Wildman–Crippen LogP) is 1.78. The van der Waals surface area contributed by atoms with E-state index in [2.05, 4.69) is 10.3 Å². The lowest BCUT2D eigenvalue weighted by atomic mass is 10.3. The molecule has 0 unspecified atom stereocenters. The van der Waals surface area contributed by atoms with E-state index in [1.807, 2.05) is 29.5 Å². The van der Waals surface area contributed by atoms with Crippen molar-refractivity contribution in [2.45, 2.75) is 19.8 Å². The van der Waals surface area contributed by atoms with Crippen LogP contribution in [0.2, 0.25) is 0 Å². The number of carbonyl (C=O) groups excluding carboxylic acids is 1. The highest BCUT2D eigenvalue weighted by Crippen LogP contribution is 2.27. The number of aromatic nitrogens is 2. The van der Waals surface area contributed by atoms with Gasteiger partial charge in [0.25, 0.3) is 5.91 Å². The molecule has 2 heterocycles. The van der Waals surface area contributed by atoms with Gasteiger partial charge in [-0.25, -0.2) is 4.98 Å². The summed E-state index contributed by atoms with van der Waals surface area (Å²) < 4.78 is 1.94. The lowest BCUT2D eigenvalue weighted by Crippen LogP contribution is -2.25. The summed E-state index contributed by atoms with van der Waals surface area (Å²) in [5, 5.41) is 2.93. The average molecular weight is 229 g/mol. The van der Waals surface area contributed by atoms with E-state index in [4.69, 9.17) is 0 Å². The summed E-state index contributed by atoms with van der Waals surface area (Å²) in [6.45, 7) is 2.78. The zero-order chi connectivity index (χ0) is 11.8. The molecule has 0 saturated heterocycles. The summed E-state index contributed by atoms with van der Waals surface area (Å²) in [4.78, 5) is 16.2. The van der Waals surface area contributed by atoms with Gasteiger partial charge in [-0.15, -0.1) is 0 Å². The van der Waals surface area contributed by atoms with Crippen molar-refractivity contribution in [1.29, 1.82) is 0 Å². The van der Waals surface area contributed by atoms with Crippen molar-refractivity contribution in [3.8, 4) is 0 Å². The van der Waals surface area contributed by atoms with Crippen LogP contribution in [0, 0.1) is 12.8 Å². The third kappa shape index (κ3) is 2.02. The number of nitrogens with zero attached hydrogens (tertiary/aromatic N) is 2. The molecule has 1 aliphatic rings. The highest BCUT2D eigenvalue weighted by Gasteiger charge is 2.22. The molecule has 17 heavy (non-hydrogen) atoms. The molecule has 0 radical (unpaired) electrons. The van der Waals surface area contributed by atoms with Crippen LogP contribution in [0.4, 0.5) is 0 Å². The minimum absolute atomic E-state index is 0.0694. The molecule has 2 aromatic rings. The lowest BCUT2D eigenvalue weighted by Gasteiger charge is -1.99. The fourth-order valence-corrected chi connectivity index (χ4v) is 1.91. The molecule has 0 bridgehead atoms. The Morgan fingerprint density at radius 2 is 2.35 bits per heavy atom. The summed E-state index contributed by atoms with van der Waals surface area (Å²) in [6, 6.07) is 5.86. The van der Waals surface area contributed by atoms with Crippen molar-refractivity contribution in [3.05, 3.63) is 35.8 Å². The third-order valence-corrected chi connectivity index (χ3v) is 3.18. The quantitative estimate of drug-likeness (QED) is 0.872. The lowest BCUT2D eigenvalue weighted by molar-refractivity contribution is 0.0947. The maximum Gasteiger partial charge on any atom is 0.271 e. The molecule has 4 heteroatoms. The van der Waals surface area contributed by atoms with E-state index in [1.54, 1.807) is 6.20 Å². The molecule has 1 aliphatic carbocycles. The Labute approximate surface area is 99.7 Å². The Bertz CT molecular complexity index is 569. The summed E-state index contributed by atoms with van der Waals surface area (Å²) in [5.74, 6) is 0.623. The second-order valence-electron chi connectivity index (χ2n) is 4.67. The van der Waals surface area contributed by atoms with Gasteiger partial charge in [-0.1, -0.05) is 6.07 Å². The summed E-state index contributed by atoms with van der Waals surface area (Å²) in [6.07, 6.45) is 4.28. The van der Waals surface area contributed by atoms with E-state index in [-0.39, 0.29) is 5.91 Å². The number of nitrogens with one attached hydrogen (secondary N) is 1. The first-order valence-electron chi connectivity index (χ1n) is 5.97. The maximum atomic E-state index is 11.9. The second-order valence-corrected chi connectivity index (χ2v) is 4.67. The van der Waals surface area contributed by atoms with Crippen molar-refractivity contribution in [2.75, 3.05) is 6.54 Å². The minimum Gasteiger partial charge on any atom is -0.350 e. The largest absolute Gasteiger partial charge is 0.350 e. The number of carbonyl (C=O) groups is 1. The monoisotopic (exact) mass is 229 g/mol. The van der Waals surface area contributed by atoms with Gasteiger partial charge in [0, 0.05) is 18.4 Å². The molecule has 4 nitrogen and oxygen atoms in total. The van der Waals surface area contributed by atoms with Crippen molar-refractivity contribution in [1.82, 2.24) is 14.7 Å². The molecule has 3 rings (SSSR count). The molecule has 88 valence electrons. The first-order valence-corrected chi connectivity index (χ1v) is 5.97. The molecule has 1 N–H and O–H groups in total. The fourth-order valence-electron chi connectivity index (χ4n) is 1.91. The average Bonchev–Trinajstić information content (AvgIpc) is 3.04. The van der Waals surface area contributed by atoms with Crippen LogP contribution in [0.3, 0.4) is 0 Å². The van der Waals surface area contributed by atoms with Crippen LogP contribution >= 0.6 is 0 Å². The number of pyridine rings is 1. The Balaban J connectivity index is 1.84. The number of rotatable bonds is 3. The Kier molecular flexibility index (Phi) is 2.35. The first-order chi connectivity index (χ1) is 8.24. The number of hydrogen-bond acceptors (Lipinski definition) is 2. The first kappa shape index (κ1) is 10.3. The topological polar surface area (TPSA) is 46.4 Å². The summed E-state index contributed by atoms with van der Waals surface area (Å²) in [7, 11) is 0. The molecule has 0 atom stereocenters. The highest BCUT2D eigenvalue weighted by molar-refractivity contribution is 5.92. The van der Waals surface area contributed by atoms with Gasteiger partial charge >= 0.3 is 0 Å². The normalized spacial score (nSPS) is 15.1. The van der Waals surface area contributed by atoms with Crippen LogP contribution in [-0.2, 0) is 0 Å². The number of amides is 1. The van der Waals surface area contributed by atoms with E-state index in [9.17, 15) is 4.79 Å².